The van der Waals surface area contributed by atoms with Gasteiger partial charge in [0.05, 0.1) is 21.7 Å². The Labute approximate surface area is 180 Å². The third-order valence-electron chi connectivity index (χ3n) is 5.64. The van der Waals surface area contributed by atoms with E-state index >= 15 is 0 Å². The maximum Gasteiger partial charge on any atom is 0.183 e. The van der Waals surface area contributed by atoms with Crippen molar-refractivity contribution in [3.05, 3.63) is 65.7 Å². The molecule has 7 heteroatoms. The van der Waals surface area contributed by atoms with Gasteiger partial charge in [-0.05, 0) is 48.1 Å². The lowest BCUT2D eigenvalue weighted by atomic mass is 9.87. The molecule has 1 fully saturated rings. The van der Waals surface area contributed by atoms with E-state index in [9.17, 15) is 16.8 Å². The van der Waals surface area contributed by atoms with Gasteiger partial charge in [-0.1, -0.05) is 63.2 Å². The summed E-state index contributed by atoms with van der Waals surface area (Å²) >= 11 is 0. The predicted molar refractivity (Wildman–Crippen MR) is 121 cm³/mol. The molecular formula is C23H31NO4S2. The Bertz CT molecular complexity index is 1050. The molecule has 0 amide bonds. The minimum atomic E-state index is -3.75. The Balaban J connectivity index is 1.71. The summed E-state index contributed by atoms with van der Waals surface area (Å²) < 4.78 is 51.0. The Morgan fingerprint density at radius 3 is 2.20 bits per heavy atom. The van der Waals surface area contributed by atoms with Crippen molar-refractivity contribution < 1.29 is 16.8 Å². The van der Waals surface area contributed by atoms with Gasteiger partial charge in [0.2, 0.25) is 0 Å². The molecule has 0 saturated carbocycles. The van der Waals surface area contributed by atoms with Crippen LogP contribution in [0.4, 0.5) is 0 Å². The minimum Gasteiger partial charge on any atom is -0.312 e. The van der Waals surface area contributed by atoms with Gasteiger partial charge in [-0.25, -0.2) is 16.8 Å². The smallest absolute Gasteiger partial charge is 0.183 e. The Morgan fingerprint density at radius 1 is 0.967 bits per heavy atom. The van der Waals surface area contributed by atoms with Crippen molar-refractivity contribution >= 4 is 19.7 Å². The summed E-state index contributed by atoms with van der Waals surface area (Å²) in [6.45, 7) is 6.77. The fourth-order valence-corrected chi connectivity index (χ4v) is 8.57. The maximum atomic E-state index is 13.2. The van der Waals surface area contributed by atoms with Crippen LogP contribution >= 0.6 is 0 Å². The average Bonchev–Trinajstić information content (AvgIpc) is 3.01. The normalized spacial score (nSPS) is 21.6. The number of hydrogen-bond donors (Lipinski definition) is 1. The Kier molecular flexibility index (Phi) is 6.75. The van der Waals surface area contributed by atoms with E-state index in [2.05, 4.69) is 38.2 Å². The van der Waals surface area contributed by atoms with E-state index in [0.717, 1.165) is 18.4 Å². The topological polar surface area (TPSA) is 80.3 Å². The summed E-state index contributed by atoms with van der Waals surface area (Å²) in [5.41, 5.74) is 2.17. The van der Waals surface area contributed by atoms with Gasteiger partial charge in [-0.15, -0.1) is 0 Å². The van der Waals surface area contributed by atoms with Crippen LogP contribution < -0.4 is 5.32 Å². The van der Waals surface area contributed by atoms with Crippen LogP contribution in [0.2, 0.25) is 0 Å². The summed E-state index contributed by atoms with van der Waals surface area (Å²) in [5, 5.41) is 2.25. The number of nitrogens with one attached hydrogen (secondary N) is 1. The molecular weight excluding hydrogens is 418 g/mol. The van der Waals surface area contributed by atoms with E-state index in [1.165, 1.54) is 5.56 Å². The fourth-order valence-electron chi connectivity index (χ4n) is 3.86. The summed E-state index contributed by atoms with van der Waals surface area (Å²) in [6, 6.07) is 16.3. The van der Waals surface area contributed by atoms with Crippen molar-refractivity contribution in [2.24, 2.45) is 0 Å². The highest BCUT2D eigenvalue weighted by molar-refractivity contribution is 7.96. The second-order valence-electron chi connectivity index (χ2n) is 9.08. The van der Waals surface area contributed by atoms with E-state index in [1.807, 2.05) is 30.3 Å². The van der Waals surface area contributed by atoms with Crippen LogP contribution in [-0.2, 0) is 31.5 Å². The molecule has 0 aliphatic carbocycles. The van der Waals surface area contributed by atoms with Crippen molar-refractivity contribution in [2.75, 3.05) is 18.1 Å². The van der Waals surface area contributed by atoms with Crippen LogP contribution in [0.1, 0.15) is 38.3 Å². The zero-order chi connectivity index (χ0) is 22.0. The Morgan fingerprint density at radius 2 is 1.60 bits per heavy atom. The van der Waals surface area contributed by atoms with Gasteiger partial charge in [-0.2, -0.15) is 0 Å². The molecule has 2 atom stereocenters. The minimum absolute atomic E-state index is 0.0815. The Hall–Kier alpha value is -1.70. The van der Waals surface area contributed by atoms with E-state index < -0.39 is 31.0 Å². The molecule has 0 aromatic heterocycles. The first-order valence-corrected chi connectivity index (χ1v) is 13.7. The fraction of sp³-hybridized carbons (Fsp3) is 0.478. The molecule has 0 radical (unpaired) electrons. The third-order valence-corrected chi connectivity index (χ3v) is 9.81. The highest BCUT2D eigenvalue weighted by atomic mass is 32.2. The molecule has 1 N–H and O–H groups in total. The first-order valence-electron chi connectivity index (χ1n) is 10.3. The molecule has 1 aliphatic heterocycles. The summed E-state index contributed by atoms with van der Waals surface area (Å²) in [4.78, 5) is 0.189. The molecule has 0 bridgehead atoms. The largest absolute Gasteiger partial charge is 0.312 e. The predicted octanol–water partition coefficient (Wildman–Crippen LogP) is 3.15. The molecule has 5 nitrogen and oxygen atoms in total. The summed E-state index contributed by atoms with van der Waals surface area (Å²) in [6.07, 6.45) is 1.67. The van der Waals surface area contributed by atoms with Crippen molar-refractivity contribution in [1.82, 2.24) is 5.32 Å². The number of rotatable bonds is 7. The van der Waals surface area contributed by atoms with E-state index in [4.69, 9.17) is 0 Å². The molecule has 2 aromatic rings. The zero-order valence-electron chi connectivity index (χ0n) is 17.8. The molecule has 1 aliphatic rings. The van der Waals surface area contributed by atoms with E-state index in [0.29, 0.717) is 6.54 Å². The molecule has 0 spiro atoms. The molecule has 1 saturated heterocycles. The van der Waals surface area contributed by atoms with Crippen molar-refractivity contribution in [2.45, 2.75) is 55.2 Å². The van der Waals surface area contributed by atoms with Gasteiger partial charge < -0.3 is 5.32 Å². The number of benzene rings is 2. The standard InChI is InChI=1S/C23H31NO4S2/c1-23(2,3)19-11-13-20(14-12-19)30(27,28)22-17-29(25,26)16-21(22)24-15-7-10-18-8-5-4-6-9-18/h4-6,8-9,11-14,21-22,24H,7,10,15-17H2,1-3H3/t21-,22-/m0/s1. The van der Waals surface area contributed by atoms with Gasteiger partial charge in [0.1, 0.15) is 0 Å². The zero-order valence-corrected chi connectivity index (χ0v) is 19.5. The number of hydrogen-bond acceptors (Lipinski definition) is 5. The first kappa shape index (κ1) is 23.0. The van der Waals surface area contributed by atoms with Crippen LogP contribution in [0.25, 0.3) is 0 Å². The lowest BCUT2D eigenvalue weighted by Crippen LogP contribution is -2.43. The van der Waals surface area contributed by atoms with Crippen LogP contribution in [0.5, 0.6) is 0 Å². The van der Waals surface area contributed by atoms with Gasteiger partial charge in [0.25, 0.3) is 0 Å². The maximum absolute atomic E-state index is 13.2. The average molecular weight is 450 g/mol. The van der Waals surface area contributed by atoms with Crippen molar-refractivity contribution in [3.63, 3.8) is 0 Å². The van der Waals surface area contributed by atoms with Crippen molar-refractivity contribution in [3.8, 4) is 0 Å². The van der Waals surface area contributed by atoms with Gasteiger partial charge >= 0.3 is 0 Å². The van der Waals surface area contributed by atoms with Crippen LogP contribution in [0, 0.1) is 0 Å². The quantitative estimate of drug-likeness (QED) is 0.657. The first-order chi connectivity index (χ1) is 14.0. The second kappa shape index (κ2) is 8.81. The van der Waals surface area contributed by atoms with Crippen LogP contribution in [0.3, 0.4) is 0 Å². The highest BCUT2D eigenvalue weighted by Gasteiger charge is 2.45. The molecule has 0 unspecified atom stereocenters. The van der Waals surface area contributed by atoms with Gasteiger partial charge in [0.15, 0.2) is 19.7 Å². The number of sulfone groups is 2. The monoisotopic (exact) mass is 449 g/mol. The highest BCUT2D eigenvalue weighted by Crippen LogP contribution is 2.28. The molecule has 3 rings (SSSR count). The van der Waals surface area contributed by atoms with Crippen molar-refractivity contribution in [1.29, 1.82) is 0 Å². The summed E-state index contributed by atoms with van der Waals surface area (Å²) in [7, 11) is -7.15. The molecule has 2 aromatic carbocycles. The van der Waals surface area contributed by atoms with Crippen LogP contribution in [-0.4, -0.2) is 46.2 Å². The molecule has 1 heterocycles. The van der Waals surface area contributed by atoms with Gasteiger partial charge in [-0.3, -0.25) is 0 Å². The molecule has 30 heavy (non-hydrogen) atoms. The third kappa shape index (κ3) is 5.50. The lowest BCUT2D eigenvalue weighted by molar-refractivity contribution is 0.519. The molecule has 164 valence electrons. The summed E-state index contributed by atoms with van der Waals surface area (Å²) in [5.74, 6) is -0.463. The SMILES string of the molecule is CC(C)(C)c1ccc(S(=O)(=O)[C@H]2CS(=O)(=O)C[C@@H]2NCCCc2ccccc2)cc1. The van der Waals surface area contributed by atoms with E-state index in [1.54, 1.807) is 12.1 Å². The van der Waals surface area contributed by atoms with Crippen LogP contribution in [0.15, 0.2) is 59.5 Å². The van der Waals surface area contributed by atoms with E-state index in [-0.39, 0.29) is 21.8 Å². The van der Waals surface area contributed by atoms with Gasteiger partial charge in [0, 0.05) is 6.04 Å². The second-order valence-corrected chi connectivity index (χ2v) is 13.4. The lowest BCUT2D eigenvalue weighted by Gasteiger charge is -2.22. The number of aryl methyl sites for hydroxylation is 1.